The number of nitrogens with one attached hydrogen (secondary N) is 3. The van der Waals surface area contributed by atoms with Crippen LogP contribution >= 0.6 is 0 Å². The number of amides is 3. The number of rotatable bonds is 7. The molecule has 1 aromatic carbocycles. The van der Waals surface area contributed by atoms with Crippen LogP contribution in [0.25, 0.3) is 0 Å². The molecule has 6 heteroatoms. The van der Waals surface area contributed by atoms with E-state index in [0.29, 0.717) is 37.2 Å². The Morgan fingerprint density at radius 2 is 2.05 bits per heavy atom. The Hall–Kier alpha value is -2.37. The van der Waals surface area contributed by atoms with E-state index in [1.54, 1.807) is 24.3 Å². The third-order valence-corrected chi connectivity index (χ3v) is 2.31. The molecule has 3 amide bonds. The third kappa shape index (κ3) is 5.67. The van der Waals surface area contributed by atoms with Gasteiger partial charge in [-0.1, -0.05) is 6.07 Å². The highest BCUT2D eigenvalue weighted by Gasteiger charge is 2.05. The number of hydrogen-bond acceptors (Lipinski definition) is 3. The predicted octanol–water partition coefficient (Wildman–Crippen LogP) is 0.511. The summed E-state index contributed by atoms with van der Waals surface area (Å²) >= 11 is 0. The van der Waals surface area contributed by atoms with E-state index < -0.39 is 0 Å². The van der Waals surface area contributed by atoms with E-state index in [1.165, 1.54) is 6.92 Å². The Bertz CT molecular complexity index is 460. The van der Waals surface area contributed by atoms with Crippen LogP contribution < -0.4 is 16.0 Å². The lowest BCUT2D eigenvalue weighted by Crippen LogP contribution is -2.27. The van der Waals surface area contributed by atoms with E-state index >= 15 is 0 Å². The number of hydrogen-bond donors (Lipinski definition) is 3. The molecule has 0 bridgehead atoms. The summed E-state index contributed by atoms with van der Waals surface area (Å²) in [5, 5.41) is 7.86. The molecule has 0 heterocycles. The van der Waals surface area contributed by atoms with E-state index in [4.69, 9.17) is 0 Å². The minimum atomic E-state index is -0.210. The first kappa shape index (κ1) is 14.7. The Labute approximate surface area is 111 Å². The monoisotopic (exact) mass is 263 g/mol. The average molecular weight is 263 g/mol. The van der Waals surface area contributed by atoms with Gasteiger partial charge in [-0.2, -0.15) is 0 Å². The molecule has 102 valence electrons. The lowest BCUT2D eigenvalue weighted by Gasteiger charge is -2.07. The first-order chi connectivity index (χ1) is 9.13. The molecule has 0 aromatic heterocycles. The molecule has 19 heavy (non-hydrogen) atoms. The van der Waals surface area contributed by atoms with Crippen LogP contribution in [0.5, 0.6) is 0 Å². The highest BCUT2D eigenvalue weighted by Crippen LogP contribution is 2.10. The fourth-order valence-electron chi connectivity index (χ4n) is 1.49. The van der Waals surface area contributed by atoms with Gasteiger partial charge in [-0.3, -0.25) is 14.4 Å². The molecule has 1 aromatic rings. The summed E-state index contributed by atoms with van der Waals surface area (Å²) in [5.41, 5.74) is 1.07. The maximum Gasteiger partial charge on any atom is 0.251 e. The van der Waals surface area contributed by atoms with E-state index in [1.807, 2.05) is 0 Å². The summed E-state index contributed by atoms with van der Waals surface area (Å²) in [5.74, 6) is -0.393. The van der Waals surface area contributed by atoms with Gasteiger partial charge in [-0.25, -0.2) is 0 Å². The summed E-state index contributed by atoms with van der Waals surface area (Å²) in [7, 11) is 0. The van der Waals surface area contributed by atoms with E-state index in [9.17, 15) is 14.4 Å². The summed E-state index contributed by atoms with van der Waals surface area (Å²) < 4.78 is 0. The van der Waals surface area contributed by atoms with Crippen LogP contribution in [-0.4, -0.2) is 31.3 Å². The van der Waals surface area contributed by atoms with Crippen molar-refractivity contribution in [3.8, 4) is 0 Å². The highest BCUT2D eigenvalue weighted by molar-refractivity contribution is 5.96. The third-order valence-electron chi connectivity index (χ3n) is 2.31. The average Bonchev–Trinajstić information content (AvgIpc) is 2.38. The van der Waals surface area contributed by atoms with Gasteiger partial charge in [0.1, 0.15) is 0 Å². The van der Waals surface area contributed by atoms with Crippen molar-refractivity contribution in [2.24, 2.45) is 0 Å². The molecule has 0 unspecified atom stereocenters. The minimum Gasteiger partial charge on any atom is -0.359 e. The van der Waals surface area contributed by atoms with Crippen molar-refractivity contribution in [2.75, 3.05) is 18.4 Å². The zero-order chi connectivity index (χ0) is 14.1. The minimum absolute atomic E-state index is 0.183. The lowest BCUT2D eigenvalue weighted by atomic mass is 10.2. The fraction of sp³-hybridized carbons (Fsp3) is 0.308. The van der Waals surface area contributed by atoms with Crippen molar-refractivity contribution >= 4 is 23.9 Å². The summed E-state index contributed by atoms with van der Waals surface area (Å²) in [6.07, 6.45) is 1.29. The van der Waals surface area contributed by atoms with Crippen molar-refractivity contribution in [3.05, 3.63) is 29.8 Å². The molecule has 0 fully saturated rings. The second-order valence-corrected chi connectivity index (χ2v) is 3.94. The largest absolute Gasteiger partial charge is 0.359 e. The van der Waals surface area contributed by atoms with Crippen molar-refractivity contribution in [1.82, 2.24) is 10.6 Å². The van der Waals surface area contributed by atoms with Crippen molar-refractivity contribution in [2.45, 2.75) is 13.3 Å². The highest BCUT2D eigenvalue weighted by atomic mass is 16.2. The molecule has 0 radical (unpaired) electrons. The Balaban J connectivity index is 2.47. The SMILES string of the molecule is CC(=O)Nc1cccc(C(=O)NCCCNC=O)c1. The van der Waals surface area contributed by atoms with Gasteiger partial charge in [0.2, 0.25) is 12.3 Å². The van der Waals surface area contributed by atoms with Crippen molar-refractivity contribution in [3.63, 3.8) is 0 Å². The molecule has 0 saturated heterocycles. The zero-order valence-electron chi connectivity index (χ0n) is 10.7. The van der Waals surface area contributed by atoms with Crippen LogP contribution in [0.1, 0.15) is 23.7 Å². The zero-order valence-corrected chi connectivity index (χ0v) is 10.7. The van der Waals surface area contributed by atoms with Gasteiger partial charge in [-0.05, 0) is 24.6 Å². The van der Waals surface area contributed by atoms with Crippen molar-refractivity contribution in [1.29, 1.82) is 0 Å². The second kappa shape index (κ2) is 7.86. The number of benzene rings is 1. The summed E-state index contributed by atoms with van der Waals surface area (Å²) in [6.45, 7) is 2.41. The molecule has 0 saturated carbocycles. The maximum absolute atomic E-state index is 11.8. The number of anilines is 1. The normalized spacial score (nSPS) is 9.53. The van der Waals surface area contributed by atoms with Crippen LogP contribution in [0.3, 0.4) is 0 Å². The van der Waals surface area contributed by atoms with Crippen LogP contribution in [0.4, 0.5) is 5.69 Å². The predicted molar refractivity (Wildman–Crippen MR) is 71.8 cm³/mol. The molecule has 0 aliphatic rings. The summed E-state index contributed by atoms with van der Waals surface area (Å²) in [4.78, 5) is 32.7. The standard InChI is InChI=1S/C13H17N3O3/c1-10(18)16-12-5-2-4-11(8-12)13(19)15-7-3-6-14-9-17/h2,4-5,8-9H,3,6-7H2,1H3,(H,14,17)(H,15,19)(H,16,18). The fourth-order valence-corrected chi connectivity index (χ4v) is 1.49. The van der Waals surface area contributed by atoms with Crippen LogP contribution in [0, 0.1) is 0 Å². The van der Waals surface area contributed by atoms with Crippen LogP contribution in [0.2, 0.25) is 0 Å². The summed E-state index contributed by atoms with van der Waals surface area (Å²) in [6, 6.07) is 6.70. The van der Waals surface area contributed by atoms with Gasteiger partial charge in [0.15, 0.2) is 0 Å². The van der Waals surface area contributed by atoms with Gasteiger partial charge >= 0.3 is 0 Å². The maximum atomic E-state index is 11.8. The van der Waals surface area contributed by atoms with Gasteiger partial charge in [0.25, 0.3) is 5.91 Å². The first-order valence-corrected chi connectivity index (χ1v) is 5.96. The molecule has 6 nitrogen and oxygen atoms in total. The first-order valence-electron chi connectivity index (χ1n) is 5.96. The van der Waals surface area contributed by atoms with Crippen LogP contribution in [0.15, 0.2) is 24.3 Å². The lowest BCUT2D eigenvalue weighted by molar-refractivity contribution is -0.114. The van der Waals surface area contributed by atoms with Gasteiger partial charge in [-0.15, -0.1) is 0 Å². The number of carbonyl (C=O) groups is 3. The van der Waals surface area contributed by atoms with E-state index in [-0.39, 0.29) is 11.8 Å². The quantitative estimate of drug-likeness (QED) is 0.495. The van der Waals surface area contributed by atoms with Gasteiger partial charge in [0.05, 0.1) is 0 Å². The van der Waals surface area contributed by atoms with Crippen molar-refractivity contribution < 1.29 is 14.4 Å². The molecule has 1 rings (SSSR count). The number of carbonyl (C=O) groups excluding carboxylic acids is 3. The molecular weight excluding hydrogens is 246 g/mol. The molecule has 3 N–H and O–H groups in total. The molecule has 0 atom stereocenters. The Morgan fingerprint density at radius 3 is 2.74 bits per heavy atom. The Morgan fingerprint density at radius 1 is 1.26 bits per heavy atom. The van der Waals surface area contributed by atoms with Crippen LogP contribution in [-0.2, 0) is 9.59 Å². The van der Waals surface area contributed by atoms with E-state index in [0.717, 1.165) is 0 Å². The molecule has 0 aliphatic carbocycles. The topological polar surface area (TPSA) is 87.3 Å². The van der Waals surface area contributed by atoms with Gasteiger partial charge in [0, 0.05) is 31.3 Å². The van der Waals surface area contributed by atoms with Gasteiger partial charge < -0.3 is 16.0 Å². The second-order valence-electron chi connectivity index (χ2n) is 3.94. The molecule has 0 aliphatic heterocycles. The molecule has 0 spiro atoms. The van der Waals surface area contributed by atoms with E-state index in [2.05, 4.69) is 16.0 Å². The Kier molecular flexibility index (Phi) is 6.08. The molecular formula is C13H17N3O3. The smallest absolute Gasteiger partial charge is 0.251 e.